The molecule has 17 heavy (non-hydrogen) atoms. The highest BCUT2D eigenvalue weighted by atomic mass is 16.1. The van der Waals surface area contributed by atoms with Gasteiger partial charge in [-0.25, -0.2) is 0 Å². The molecule has 1 rings (SSSR count). The van der Waals surface area contributed by atoms with Crippen LogP contribution < -0.4 is 10.6 Å². The zero-order valence-electron chi connectivity index (χ0n) is 11.0. The standard InChI is InChI=1S/C14H24N2O/c1-4-8-12(2)16-13(17)11-14(15-3)9-6-5-7-10-14/h1,12,15H,5-11H2,2-3H3,(H,16,17). The van der Waals surface area contributed by atoms with Crippen LogP contribution in [0.1, 0.15) is 51.9 Å². The molecule has 1 atom stereocenters. The second-order valence-electron chi connectivity index (χ2n) is 5.14. The lowest BCUT2D eigenvalue weighted by molar-refractivity contribution is -0.123. The second-order valence-corrected chi connectivity index (χ2v) is 5.14. The summed E-state index contributed by atoms with van der Waals surface area (Å²) in [5.74, 6) is 2.68. The number of hydrogen-bond donors (Lipinski definition) is 2. The van der Waals surface area contributed by atoms with E-state index in [-0.39, 0.29) is 17.5 Å². The molecule has 3 nitrogen and oxygen atoms in total. The maximum Gasteiger partial charge on any atom is 0.222 e. The van der Waals surface area contributed by atoms with Gasteiger partial charge in [0.1, 0.15) is 0 Å². The van der Waals surface area contributed by atoms with Crippen molar-refractivity contribution >= 4 is 5.91 Å². The number of nitrogens with one attached hydrogen (secondary N) is 2. The smallest absolute Gasteiger partial charge is 0.222 e. The van der Waals surface area contributed by atoms with E-state index in [1.807, 2.05) is 14.0 Å². The fourth-order valence-corrected chi connectivity index (χ4v) is 2.60. The van der Waals surface area contributed by atoms with Gasteiger partial charge in [-0.15, -0.1) is 12.3 Å². The Morgan fingerprint density at radius 1 is 1.41 bits per heavy atom. The summed E-state index contributed by atoms with van der Waals surface area (Å²) in [5.41, 5.74) is 0.0121. The Labute approximate surface area is 105 Å². The molecule has 3 heteroatoms. The maximum absolute atomic E-state index is 11.9. The summed E-state index contributed by atoms with van der Waals surface area (Å²) >= 11 is 0. The van der Waals surface area contributed by atoms with Crippen molar-refractivity contribution in [3.63, 3.8) is 0 Å². The number of carbonyl (C=O) groups is 1. The predicted octanol–water partition coefficient (Wildman–Crippen LogP) is 1.83. The monoisotopic (exact) mass is 236 g/mol. The number of terminal acetylenes is 1. The van der Waals surface area contributed by atoms with Crippen molar-refractivity contribution in [2.75, 3.05) is 7.05 Å². The molecule has 0 heterocycles. The number of amides is 1. The van der Waals surface area contributed by atoms with E-state index in [1.165, 1.54) is 19.3 Å². The summed E-state index contributed by atoms with van der Waals surface area (Å²) < 4.78 is 0. The molecular formula is C14H24N2O. The van der Waals surface area contributed by atoms with Crippen LogP contribution >= 0.6 is 0 Å². The molecule has 0 radical (unpaired) electrons. The third-order valence-electron chi connectivity index (χ3n) is 3.67. The zero-order valence-corrected chi connectivity index (χ0v) is 11.0. The van der Waals surface area contributed by atoms with E-state index in [1.54, 1.807) is 0 Å². The fraction of sp³-hybridized carbons (Fsp3) is 0.786. The SMILES string of the molecule is C#CCC(C)NC(=O)CC1(NC)CCCCC1. The van der Waals surface area contributed by atoms with Gasteiger partial charge in [-0.3, -0.25) is 4.79 Å². The topological polar surface area (TPSA) is 41.1 Å². The first-order chi connectivity index (χ1) is 8.12. The molecule has 0 aromatic carbocycles. The van der Waals surface area contributed by atoms with Crippen molar-refractivity contribution in [3.8, 4) is 12.3 Å². The van der Waals surface area contributed by atoms with Crippen LogP contribution in [0, 0.1) is 12.3 Å². The van der Waals surface area contributed by atoms with Crippen LogP contribution in [0.25, 0.3) is 0 Å². The average molecular weight is 236 g/mol. The lowest BCUT2D eigenvalue weighted by atomic mass is 9.79. The quantitative estimate of drug-likeness (QED) is 0.715. The van der Waals surface area contributed by atoms with E-state index >= 15 is 0 Å². The molecule has 0 spiro atoms. The lowest BCUT2D eigenvalue weighted by Gasteiger charge is -2.36. The molecule has 2 N–H and O–H groups in total. The minimum absolute atomic E-state index is 0.0121. The van der Waals surface area contributed by atoms with E-state index in [0.29, 0.717) is 12.8 Å². The van der Waals surface area contributed by atoms with Gasteiger partial charge in [0.2, 0.25) is 5.91 Å². The third kappa shape index (κ3) is 4.40. The largest absolute Gasteiger partial charge is 0.353 e. The maximum atomic E-state index is 11.9. The van der Waals surface area contributed by atoms with Crippen LogP contribution in [0.5, 0.6) is 0 Å². The van der Waals surface area contributed by atoms with Gasteiger partial charge in [0.05, 0.1) is 0 Å². The van der Waals surface area contributed by atoms with E-state index in [0.717, 1.165) is 12.8 Å². The molecule has 1 aliphatic carbocycles. The van der Waals surface area contributed by atoms with Crippen LogP contribution in [0.4, 0.5) is 0 Å². The molecule has 96 valence electrons. The molecule has 0 bridgehead atoms. The Kier molecular flexibility index (Phi) is 5.50. The minimum atomic E-state index is 0.0121. The van der Waals surface area contributed by atoms with Gasteiger partial charge in [0.15, 0.2) is 0 Å². The Balaban J connectivity index is 2.45. The number of carbonyl (C=O) groups excluding carboxylic acids is 1. The Morgan fingerprint density at radius 2 is 2.06 bits per heavy atom. The number of hydrogen-bond acceptors (Lipinski definition) is 2. The summed E-state index contributed by atoms with van der Waals surface area (Å²) in [7, 11) is 1.96. The van der Waals surface area contributed by atoms with Crippen molar-refractivity contribution in [3.05, 3.63) is 0 Å². The van der Waals surface area contributed by atoms with Crippen LogP contribution in [0.2, 0.25) is 0 Å². The van der Waals surface area contributed by atoms with Crippen LogP contribution in [-0.2, 0) is 4.79 Å². The first-order valence-electron chi connectivity index (χ1n) is 6.53. The highest BCUT2D eigenvalue weighted by Crippen LogP contribution is 2.30. The fourth-order valence-electron chi connectivity index (χ4n) is 2.60. The molecule has 1 unspecified atom stereocenters. The molecule has 1 saturated carbocycles. The van der Waals surface area contributed by atoms with Crippen molar-refractivity contribution in [2.24, 2.45) is 0 Å². The zero-order chi connectivity index (χ0) is 12.7. The number of rotatable bonds is 5. The van der Waals surface area contributed by atoms with Gasteiger partial charge in [-0.05, 0) is 26.8 Å². The molecule has 0 aromatic rings. The van der Waals surface area contributed by atoms with Crippen LogP contribution in [0.3, 0.4) is 0 Å². The van der Waals surface area contributed by atoms with Crippen molar-refractivity contribution < 1.29 is 4.79 Å². The van der Waals surface area contributed by atoms with E-state index in [9.17, 15) is 4.79 Å². The van der Waals surface area contributed by atoms with Crippen LogP contribution in [-0.4, -0.2) is 24.5 Å². The normalized spacial score (nSPS) is 20.3. The lowest BCUT2D eigenvalue weighted by Crippen LogP contribution is -2.49. The average Bonchev–Trinajstić information content (AvgIpc) is 2.30. The highest BCUT2D eigenvalue weighted by Gasteiger charge is 2.32. The Hall–Kier alpha value is -1.01. The third-order valence-corrected chi connectivity index (χ3v) is 3.67. The predicted molar refractivity (Wildman–Crippen MR) is 70.5 cm³/mol. The van der Waals surface area contributed by atoms with Crippen molar-refractivity contribution in [1.29, 1.82) is 0 Å². The summed E-state index contributed by atoms with van der Waals surface area (Å²) in [5, 5.41) is 6.32. The molecule has 1 aliphatic rings. The van der Waals surface area contributed by atoms with E-state index in [4.69, 9.17) is 6.42 Å². The molecule has 1 fully saturated rings. The molecule has 0 aliphatic heterocycles. The van der Waals surface area contributed by atoms with Gasteiger partial charge in [0.25, 0.3) is 0 Å². The van der Waals surface area contributed by atoms with Gasteiger partial charge in [-0.2, -0.15) is 0 Å². The van der Waals surface area contributed by atoms with Gasteiger partial charge >= 0.3 is 0 Å². The van der Waals surface area contributed by atoms with E-state index in [2.05, 4.69) is 16.6 Å². The summed E-state index contributed by atoms with van der Waals surface area (Å²) in [6, 6.07) is 0.0741. The van der Waals surface area contributed by atoms with Gasteiger partial charge < -0.3 is 10.6 Å². The first-order valence-corrected chi connectivity index (χ1v) is 6.53. The second kappa shape index (κ2) is 6.66. The highest BCUT2D eigenvalue weighted by molar-refractivity contribution is 5.77. The van der Waals surface area contributed by atoms with Gasteiger partial charge in [-0.1, -0.05) is 19.3 Å². The minimum Gasteiger partial charge on any atom is -0.353 e. The summed E-state index contributed by atoms with van der Waals surface area (Å²) in [6.07, 6.45) is 12.3. The van der Waals surface area contributed by atoms with Crippen LogP contribution in [0.15, 0.2) is 0 Å². The van der Waals surface area contributed by atoms with E-state index < -0.39 is 0 Å². The molecule has 0 saturated heterocycles. The Morgan fingerprint density at radius 3 is 2.59 bits per heavy atom. The summed E-state index contributed by atoms with van der Waals surface area (Å²) in [6.45, 7) is 1.95. The first kappa shape index (κ1) is 14.1. The molecule has 1 amide bonds. The summed E-state index contributed by atoms with van der Waals surface area (Å²) in [4.78, 5) is 11.9. The molecule has 0 aromatic heterocycles. The van der Waals surface area contributed by atoms with Gasteiger partial charge in [0, 0.05) is 24.4 Å². The Bertz CT molecular complexity index is 287. The van der Waals surface area contributed by atoms with Crippen molar-refractivity contribution in [1.82, 2.24) is 10.6 Å². The van der Waals surface area contributed by atoms with Crippen molar-refractivity contribution in [2.45, 2.75) is 63.5 Å². The molecular weight excluding hydrogens is 212 g/mol.